The molecule has 1 heterocycles. The van der Waals surface area contributed by atoms with Crippen molar-refractivity contribution in [1.29, 1.82) is 0 Å². The SMILES string of the molecule is OCCn1nnc2c1CCCC2. The van der Waals surface area contributed by atoms with E-state index in [0.29, 0.717) is 6.54 Å². The molecule has 0 amide bonds. The van der Waals surface area contributed by atoms with Crippen molar-refractivity contribution in [3.63, 3.8) is 0 Å². The first-order valence-electron chi connectivity index (χ1n) is 4.44. The summed E-state index contributed by atoms with van der Waals surface area (Å²) >= 11 is 0. The summed E-state index contributed by atoms with van der Waals surface area (Å²) in [7, 11) is 0. The van der Waals surface area contributed by atoms with Crippen LogP contribution in [0.4, 0.5) is 0 Å². The Morgan fingerprint density at radius 3 is 3.00 bits per heavy atom. The third-order valence-electron chi connectivity index (χ3n) is 2.31. The number of aliphatic hydroxyl groups is 1. The van der Waals surface area contributed by atoms with Crippen molar-refractivity contribution >= 4 is 0 Å². The summed E-state index contributed by atoms with van der Waals surface area (Å²) in [5.74, 6) is 0. The molecule has 0 unspecified atom stereocenters. The van der Waals surface area contributed by atoms with Gasteiger partial charge < -0.3 is 5.11 Å². The largest absolute Gasteiger partial charge is 0.394 e. The maximum Gasteiger partial charge on any atom is 0.0859 e. The highest BCUT2D eigenvalue weighted by molar-refractivity contribution is 5.13. The van der Waals surface area contributed by atoms with Crippen LogP contribution in [0.3, 0.4) is 0 Å². The zero-order valence-corrected chi connectivity index (χ0v) is 7.03. The molecule has 0 fully saturated rings. The number of hydrogen-bond acceptors (Lipinski definition) is 3. The molecule has 4 nitrogen and oxygen atoms in total. The van der Waals surface area contributed by atoms with Gasteiger partial charge in [-0.25, -0.2) is 4.68 Å². The molecule has 0 saturated carbocycles. The molecule has 1 N–H and O–H groups in total. The predicted octanol–water partition coefficient (Wildman–Crippen LogP) is 0.149. The van der Waals surface area contributed by atoms with E-state index in [1.165, 1.54) is 18.5 Å². The van der Waals surface area contributed by atoms with Crippen molar-refractivity contribution in [3.05, 3.63) is 11.4 Å². The Morgan fingerprint density at radius 1 is 1.33 bits per heavy atom. The van der Waals surface area contributed by atoms with E-state index in [1.54, 1.807) is 0 Å². The molecule has 1 aromatic heterocycles. The fraction of sp³-hybridized carbons (Fsp3) is 0.750. The second-order valence-corrected chi connectivity index (χ2v) is 3.14. The van der Waals surface area contributed by atoms with E-state index in [0.717, 1.165) is 18.5 Å². The van der Waals surface area contributed by atoms with E-state index in [4.69, 9.17) is 5.11 Å². The van der Waals surface area contributed by atoms with Crippen molar-refractivity contribution in [1.82, 2.24) is 15.0 Å². The molecular weight excluding hydrogens is 154 g/mol. The van der Waals surface area contributed by atoms with Gasteiger partial charge in [-0.15, -0.1) is 5.10 Å². The van der Waals surface area contributed by atoms with Gasteiger partial charge in [-0.1, -0.05) is 5.21 Å². The zero-order chi connectivity index (χ0) is 8.39. The Labute approximate surface area is 71.2 Å². The van der Waals surface area contributed by atoms with E-state index >= 15 is 0 Å². The van der Waals surface area contributed by atoms with Gasteiger partial charge in [0.25, 0.3) is 0 Å². The minimum Gasteiger partial charge on any atom is -0.394 e. The summed E-state index contributed by atoms with van der Waals surface area (Å²) in [4.78, 5) is 0. The Kier molecular flexibility index (Phi) is 2.08. The summed E-state index contributed by atoms with van der Waals surface area (Å²) in [6.45, 7) is 0.734. The van der Waals surface area contributed by atoms with E-state index in [1.807, 2.05) is 4.68 Å². The monoisotopic (exact) mass is 167 g/mol. The molecular formula is C8H13N3O. The topological polar surface area (TPSA) is 50.9 Å². The molecule has 12 heavy (non-hydrogen) atoms. The van der Waals surface area contributed by atoms with Crippen molar-refractivity contribution < 1.29 is 5.11 Å². The molecule has 1 aromatic rings. The fourth-order valence-electron chi connectivity index (χ4n) is 1.70. The first-order valence-corrected chi connectivity index (χ1v) is 4.44. The first kappa shape index (κ1) is 7.73. The Bertz CT molecular complexity index is 269. The van der Waals surface area contributed by atoms with E-state index in [9.17, 15) is 0 Å². The number of aliphatic hydroxyl groups excluding tert-OH is 1. The fourth-order valence-corrected chi connectivity index (χ4v) is 1.70. The normalized spacial score (nSPS) is 16.1. The Hall–Kier alpha value is -0.900. The lowest BCUT2D eigenvalue weighted by Gasteiger charge is -2.10. The van der Waals surface area contributed by atoms with Crippen LogP contribution in [0.15, 0.2) is 0 Å². The average molecular weight is 167 g/mol. The first-order chi connectivity index (χ1) is 5.92. The lowest BCUT2D eigenvalue weighted by Crippen LogP contribution is -2.11. The van der Waals surface area contributed by atoms with Crippen molar-refractivity contribution in [2.75, 3.05) is 6.61 Å². The average Bonchev–Trinajstić information content (AvgIpc) is 2.50. The Morgan fingerprint density at radius 2 is 2.17 bits per heavy atom. The minimum atomic E-state index is 0.149. The number of aromatic nitrogens is 3. The van der Waals surface area contributed by atoms with Gasteiger partial charge in [-0.05, 0) is 25.7 Å². The predicted molar refractivity (Wildman–Crippen MR) is 43.7 cm³/mol. The second kappa shape index (κ2) is 3.23. The van der Waals surface area contributed by atoms with Crippen LogP contribution in [0, 0.1) is 0 Å². The molecule has 0 aliphatic heterocycles. The van der Waals surface area contributed by atoms with Gasteiger partial charge in [0.2, 0.25) is 0 Å². The molecule has 0 saturated heterocycles. The summed E-state index contributed by atoms with van der Waals surface area (Å²) in [6.07, 6.45) is 4.58. The number of fused-ring (bicyclic) bond motifs is 1. The molecule has 0 spiro atoms. The van der Waals surface area contributed by atoms with Crippen LogP contribution in [0.1, 0.15) is 24.2 Å². The third-order valence-corrected chi connectivity index (χ3v) is 2.31. The second-order valence-electron chi connectivity index (χ2n) is 3.14. The molecule has 4 heteroatoms. The smallest absolute Gasteiger partial charge is 0.0859 e. The molecule has 1 aliphatic carbocycles. The molecule has 0 bridgehead atoms. The van der Waals surface area contributed by atoms with Crippen LogP contribution in [0.25, 0.3) is 0 Å². The van der Waals surface area contributed by atoms with Gasteiger partial charge in [0.1, 0.15) is 0 Å². The number of hydrogen-bond donors (Lipinski definition) is 1. The summed E-state index contributed by atoms with van der Waals surface area (Å²) in [6, 6.07) is 0. The van der Waals surface area contributed by atoms with E-state index in [-0.39, 0.29) is 6.61 Å². The van der Waals surface area contributed by atoms with E-state index in [2.05, 4.69) is 10.3 Å². The van der Waals surface area contributed by atoms with Crippen LogP contribution in [-0.2, 0) is 19.4 Å². The van der Waals surface area contributed by atoms with Crippen LogP contribution in [0.2, 0.25) is 0 Å². The Balaban J connectivity index is 2.25. The van der Waals surface area contributed by atoms with E-state index < -0.39 is 0 Å². The van der Waals surface area contributed by atoms with Crippen molar-refractivity contribution in [2.45, 2.75) is 32.2 Å². The van der Waals surface area contributed by atoms with Gasteiger partial charge in [0, 0.05) is 0 Å². The highest BCUT2D eigenvalue weighted by atomic mass is 16.3. The summed E-state index contributed by atoms with van der Waals surface area (Å²) in [5.41, 5.74) is 2.37. The molecule has 2 rings (SSSR count). The molecule has 0 radical (unpaired) electrons. The van der Waals surface area contributed by atoms with Gasteiger partial charge in [0.05, 0.1) is 24.5 Å². The van der Waals surface area contributed by atoms with Gasteiger partial charge >= 0.3 is 0 Å². The highest BCUT2D eigenvalue weighted by Gasteiger charge is 2.15. The highest BCUT2D eigenvalue weighted by Crippen LogP contribution is 2.17. The van der Waals surface area contributed by atoms with Crippen molar-refractivity contribution in [2.24, 2.45) is 0 Å². The maximum atomic E-state index is 8.75. The quantitative estimate of drug-likeness (QED) is 0.682. The lowest BCUT2D eigenvalue weighted by atomic mass is 10.0. The lowest BCUT2D eigenvalue weighted by molar-refractivity contribution is 0.265. The van der Waals surface area contributed by atoms with Gasteiger partial charge in [-0.2, -0.15) is 0 Å². The van der Waals surface area contributed by atoms with Gasteiger partial charge in [0.15, 0.2) is 0 Å². The standard InChI is InChI=1S/C8H13N3O/c12-6-5-11-8-4-2-1-3-7(8)9-10-11/h12H,1-6H2. The van der Waals surface area contributed by atoms with Crippen molar-refractivity contribution in [3.8, 4) is 0 Å². The van der Waals surface area contributed by atoms with Crippen LogP contribution >= 0.6 is 0 Å². The third kappa shape index (κ3) is 1.22. The number of aryl methyl sites for hydroxylation is 1. The minimum absolute atomic E-state index is 0.149. The summed E-state index contributed by atoms with van der Waals surface area (Å²) in [5, 5.41) is 16.8. The number of rotatable bonds is 2. The molecule has 0 atom stereocenters. The summed E-state index contributed by atoms with van der Waals surface area (Å²) < 4.78 is 1.83. The molecule has 66 valence electrons. The zero-order valence-electron chi connectivity index (χ0n) is 7.03. The van der Waals surface area contributed by atoms with Gasteiger partial charge in [-0.3, -0.25) is 0 Å². The molecule has 0 aromatic carbocycles. The molecule has 1 aliphatic rings. The van der Waals surface area contributed by atoms with Crippen LogP contribution < -0.4 is 0 Å². The van der Waals surface area contributed by atoms with Crippen LogP contribution in [0.5, 0.6) is 0 Å². The van der Waals surface area contributed by atoms with Crippen LogP contribution in [-0.4, -0.2) is 26.7 Å². The maximum absolute atomic E-state index is 8.75. The number of nitrogens with zero attached hydrogens (tertiary/aromatic N) is 3.